The molecule has 1 aromatic heterocycles. The van der Waals surface area contributed by atoms with Crippen LogP contribution in [-0.4, -0.2) is 9.91 Å². The number of aromatic nitrogens is 1. The third kappa shape index (κ3) is 3.00. The molecule has 5 nitrogen and oxygen atoms in total. The number of nitrogens with zero attached hydrogens (tertiary/aromatic N) is 2. The van der Waals surface area contributed by atoms with Crippen LogP contribution in [0.5, 0.6) is 5.75 Å². The lowest BCUT2D eigenvalue weighted by Gasteiger charge is -2.11. The lowest BCUT2D eigenvalue weighted by atomic mass is 10.1. The Kier molecular flexibility index (Phi) is 4.31. The van der Waals surface area contributed by atoms with Crippen molar-refractivity contribution in [1.82, 2.24) is 4.98 Å². The summed E-state index contributed by atoms with van der Waals surface area (Å²) in [4.78, 5) is 14.5. The summed E-state index contributed by atoms with van der Waals surface area (Å²) in [5, 5.41) is 12.4. The lowest BCUT2D eigenvalue weighted by molar-refractivity contribution is -0.384. The number of pyridine rings is 1. The van der Waals surface area contributed by atoms with Gasteiger partial charge in [-0.15, -0.1) is 0 Å². The van der Waals surface area contributed by atoms with Crippen molar-refractivity contribution in [3.05, 3.63) is 74.8 Å². The average Bonchev–Trinajstić information content (AvgIpc) is 2.54. The van der Waals surface area contributed by atoms with Gasteiger partial charge in [-0.3, -0.25) is 15.1 Å². The summed E-state index contributed by atoms with van der Waals surface area (Å²) >= 11 is 5.95. The van der Waals surface area contributed by atoms with Gasteiger partial charge in [0.1, 0.15) is 23.2 Å². The van der Waals surface area contributed by atoms with Gasteiger partial charge in [0.15, 0.2) is 0 Å². The highest BCUT2D eigenvalue weighted by atomic mass is 35.5. The summed E-state index contributed by atoms with van der Waals surface area (Å²) in [6, 6.07) is 9.32. The van der Waals surface area contributed by atoms with Crippen molar-refractivity contribution in [3.63, 3.8) is 0 Å². The number of fused-ring (bicyclic) bond motifs is 1. The number of rotatable bonds is 4. The Morgan fingerprint density at radius 2 is 2.12 bits per heavy atom. The molecule has 0 unspecified atom stereocenters. The van der Waals surface area contributed by atoms with E-state index in [-0.39, 0.29) is 22.9 Å². The predicted octanol–water partition coefficient (Wildman–Crippen LogP) is 4.82. The van der Waals surface area contributed by atoms with Crippen LogP contribution in [0, 0.1) is 22.9 Å². The summed E-state index contributed by atoms with van der Waals surface area (Å²) in [6.45, 7) is 1.64. The van der Waals surface area contributed by atoms with Gasteiger partial charge in [-0.2, -0.15) is 0 Å². The number of hydrogen-bond donors (Lipinski definition) is 0. The highest BCUT2D eigenvalue weighted by Gasteiger charge is 2.20. The maximum absolute atomic E-state index is 14.0. The molecular weight excluding hydrogens is 335 g/mol. The number of benzene rings is 2. The highest BCUT2D eigenvalue weighted by Crippen LogP contribution is 2.32. The first-order valence-electron chi connectivity index (χ1n) is 7.07. The number of halogens is 2. The Bertz CT molecular complexity index is 947. The zero-order chi connectivity index (χ0) is 17.3. The Hall–Kier alpha value is -2.73. The smallest absolute Gasteiger partial charge is 0.288 e. The summed E-state index contributed by atoms with van der Waals surface area (Å²) in [5.74, 6) is -0.122. The van der Waals surface area contributed by atoms with E-state index in [9.17, 15) is 14.5 Å². The minimum atomic E-state index is -0.655. The van der Waals surface area contributed by atoms with Crippen molar-refractivity contribution in [3.8, 4) is 5.75 Å². The molecule has 0 fully saturated rings. The molecule has 122 valence electrons. The summed E-state index contributed by atoms with van der Waals surface area (Å²) < 4.78 is 19.7. The highest BCUT2D eigenvalue weighted by molar-refractivity contribution is 6.33. The van der Waals surface area contributed by atoms with Crippen LogP contribution in [0.25, 0.3) is 10.8 Å². The molecule has 0 N–H and O–H groups in total. The van der Waals surface area contributed by atoms with Crippen LogP contribution in [0.15, 0.2) is 42.6 Å². The topological polar surface area (TPSA) is 65.3 Å². The number of ether oxygens (including phenoxy) is 1. The third-order valence-electron chi connectivity index (χ3n) is 3.59. The van der Waals surface area contributed by atoms with Crippen LogP contribution in [-0.2, 0) is 6.61 Å². The maximum atomic E-state index is 14.0. The molecule has 0 bridgehead atoms. The number of aryl methyl sites for hydroxylation is 1. The molecule has 0 saturated carbocycles. The number of hydrogen-bond acceptors (Lipinski definition) is 4. The molecule has 0 spiro atoms. The predicted molar refractivity (Wildman–Crippen MR) is 88.9 cm³/mol. The number of nitro benzene ring substituents is 1. The Balaban J connectivity index is 1.96. The molecule has 7 heteroatoms. The van der Waals surface area contributed by atoms with Gasteiger partial charge < -0.3 is 4.74 Å². The van der Waals surface area contributed by atoms with E-state index in [0.717, 1.165) is 28.6 Å². The van der Waals surface area contributed by atoms with Crippen LogP contribution >= 0.6 is 11.6 Å². The fraction of sp³-hybridized carbons (Fsp3) is 0.118. The molecule has 24 heavy (non-hydrogen) atoms. The molecule has 1 heterocycles. The van der Waals surface area contributed by atoms with E-state index in [4.69, 9.17) is 16.3 Å². The van der Waals surface area contributed by atoms with Crippen molar-refractivity contribution < 1.29 is 14.1 Å². The van der Waals surface area contributed by atoms with Gasteiger partial charge in [0, 0.05) is 28.7 Å². The van der Waals surface area contributed by atoms with Crippen molar-refractivity contribution in [2.75, 3.05) is 0 Å². The van der Waals surface area contributed by atoms with Crippen LogP contribution < -0.4 is 4.74 Å². The van der Waals surface area contributed by atoms with E-state index < -0.39 is 10.7 Å². The summed E-state index contributed by atoms with van der Waals surface area (Å²) in [6.07, 6.45) is 1.72. The second-order valence-corrected chi connectivity index (χ2v) is 5.59. The van der Waals surface area contributed by atoms with Crippen LogP contribution in [0.3, 0.4) is 0 Å². The second-order valence-electron chi connectivity index (χ2n) is 5.21. The molecule has 0 radical (unpaired) electrons. The van der Waals surface area contributed by atoms with Gasteiger partial charge in [-0.1, -0.05) is 23.7 Å². The van der Waals surface area contributed by atoms with Crippen LogP contribution in [0.4, 0.5) is 10.1 Å². The Morgan fingerprint density at radius 3 is 2.88 bits per heavy atom. The fourth-order valence-corrected chi connectivity index (χ4v) is 2.66. The quantitative estimate of drug-likeness (QED) is 0.501. The molecule has 0 atom stereocenters. The van der Waals surface area contributed by atoms with Gasteiger partial charge in [0.05, 0.1) is 10.5 Å². The van der Waals surface area contributed by atoms with Gasteiger partial charge in [-0.05, 0) is 25.1 Å². The average molecular weight is 347 g/mol. The van der Waals surface area contributed by atoms with Gasteiger partial charge in [-0.25, -0.2) is 4.39 Å². The third-order valence-corrected chi connectivity index (χ3v) is 4.02. The molecule has 3 aromatic rings. The maximum Gasteiger partial charge on any atom is 0.288 e. The summed E-state index contributed by atoms with van der Waals surface area (Å²) in [5.41, 5.74) is 0.418. The molecule has 2 aromatic carbocycles. The van der Waals surface area contributed by atoms with Gasteiger partial charge in [0.2, 0.25) is 0 Å². The molecule has 3 rings (SSSR count). The largest absolute Gasteiger partial charge is 0.488 e. The first-order valence-corrected chi connectivity index (χ1v) is 7.44. The van der Waals surface area contributed by atoms with Crippen molar-refractivity contribution in [2.24, 2.45) is 0 Å². The molecule has 0 saturated heterocycles. The Morgan fingerprint density at radius 1 is 1.33 bits per heavy atom. The van der Waals surface area contributed by atoms with E-state index >= 15 is 0 Å². The molecular formula is C17H12ClFN2O3. The van der Waals surface area contributed by atoms with Crippen molar-refractivity contribution >= 4 is 28.1 Å². The standard InChI is InChI=1S/C17H12ClFN2O3/c1-10-7-12-11(8-20-10)3-2-4-16(12)24-9-13-14(19)5-6-15(17(13)18)21(22)23/h2-8H,9H2,1H3. The Labute approximate surface area is 141 Å². The SMILES string of the molecule is Cc1cc2c(OCc3c(F)ccc([N+](=O)[O-])c3Cl)cccc2cn1. The minimum absolute atomic E-state index is 0.0475. The lowest BCUT2D eigenvalue weighted by Crippen LogP contribution is -2.02. The monoisotopic (exact) mass is 346 g/mol. The van der Waals surface area contributed by atoms with Crippen LogP contribution in [0.2, 0.25) is 5.02 Å². The van der Waals surface area contributed by atoms with Crippen molar-refractivity contribution in [2.45, 2.75) is 13.5 Å². The van der Waals surface area contributed by atoms with E-state index in [2.05, 4.69) is 4.98 Å². The van der Waals surface area contributed by atoms with E-state index in [1.165, 1.54) is 0 Å². The van der Waals surface area contributed by atoms with E-state index in [0.29, 0.717) is 5.75 Å². The zero-order valence-electron chi connectivity index (χ0n) is 12.6. The van der Waals surface area contributed by atoms with E-state index in [1.807, 2.05) is 19.1 Å². The van der Waals surface area contributed by atoms with Gasteiger partial charge >= 0.3 is 0 Å². The first-order chi connectivity index (χ1) is 11.5. The second kappa shape index (κ2) is 6.41. The zero-order valence-corrected chi connectivity index (χ0v) is 13.4. The summed E-state index contributed by atoms with van der Waals surface area (Å²) in [7, 11) is 0. The van der Waals surface area contributed by atoms with E-state index in [1.54, 1.807) is 18.3 Å². The molecule has 0 aliphatic carbocycles. The number of nitro groups is 1. The van der Waals surface area contributed by atoms with Crippen molar-refractivity contribution in [1.29, 1.82) is 0 Å². The fourth-order valence-electron chi connectivity index (χ4n) is 2.38. The molecule has 0 aliphatic heterocycles. The normalized spacial score (nSPS) is 10.8. The van der Waals surface area contributed by atoms with Gasteiger partial charge in [0.25, 0.3) is 5.69 Å². The minimum Gasteiger partial charge on any atom is -0.488 e. The molecule has 0 amide bonds. The first kappa shape index (κ1) is 16.1. The molecule has 0 aliphatic rings. The van der Waals surface area contributed by atoms with Crippen LogP contribution in [0.1, 0.15) is 11.3 Å².